The number of hydrogen-bond donors (Lipinski definition) is 3. The van der Waals surface area contributed by atoms with Crippen LogP contribution in [-0.2, 0) is 21.2 Å². The van der Waals surface area contributed by atoms with Crippen molar-refractivity contribution >= 4 is 44.1 Å². The smallest absolute Gasteiger partial charge is 0.238 e. The summed E-state index contributed by atoms with van der Waals surface area (Å²) in [7, 11) is -3.83. The Morgan fingerprint density at radius 3 is 2.50 bits per heavy atom. The van der Waals surface area contributed by atoms with Crippen LogP contribution >= 0.6 is 11.6 Å². The second kappa shape index (κ2) is 8.48. The fourth-order valence-electron chi connectivity index (χ4n) is 3.41. The molecule has 9 heteroatoms. The van der Waals surface area contributed by atoms with E-state index in [1.54, 1.807) is 48.7 Å². The van der Waals surface area contributed by atoms with Gasteiger partial charge in [-0.3, -0.25) is 4.79 Å². The highest BCUT2D eigenvalue weighted by Gasteiger charge is 2.13. The number of amides is 1. The number of carbonyl (C=O) groups is 1. The molecule has 0 aliphatic rings. The summed E-state index contributed by atoms with van der Waals surface area (Å²) < 4.78 is 22.9. The molecule has 4 N–H and O–H groups in total. The molecule has 1 amide bonds. The summed E-state index contributed by atoms with van der Waals surface area (Å²) in [6.07, 6.45) is 1.92. The number of anilines is 1. The summed E-state index contributed by atoms with van der Waals surface area (Å²) in [4.78, 5) is 15.6. The zero-order valence-corrected chi connectivity index (χ0v) is 18.2. The van der Waals surface area contributed by atoms with E-state index < -0.39 is 10.0 Å². The minimum atomic E-state index is -3.83. The molecule has 4 rings (SSSR count). The van der Waals surface area contributed by atoms with Crippen LogP contribution < -0.4 is 10.5 Å². The van der Waals surface area contributed by atoms with Crippen molar-refractivity contribution in [3.8, 4) is 17.2 Å². The summed E-state index contributed by atoms with van der Waals surface area (Å²) in [5.74, 6) is -0.198. The van der Waals surface area contributed by atoms with Crippen molar-refractivity contribution in [1.82, 2.24) is 4.98 Å². The molecule has 0 spiro atoms. The quantitative estimate of drug-likeness (QED) is 0.409. The zero-order chi connectivity index (χ0) is 22.9. The Morgan fingerprint density at radius 2 is 1.84 bits per heavy atom. The van der Waals surface area contributed by atoms with Crippen molar-refractivity contribution in [2.45, 2.75) is 11.3 Å². The van der Waals surface area contributed by atoms with Gasteiger partial charge in [0.15, 0.2) is 0 Å². The molecule has 0 bridgehead atoms. The van der Waals surface area contributed by atoms with Crippen LogP contribution in [0.5, 0.6) is 0 Å². The fourth-order valence-corrected chi connectivity index (χ4v) is 4.31. The Bertz CT molecular complexity index is 1490. The third-order valence-corrected chi connectivity index (χ3v) is 6.22. The predicted molar refractivity (Wildman–Crippen MR) is 124 cm³/mol. The van der Waals surface area contributed by atoms with Gasteiger partial charge in [-0.05, 0) is 53.6 Å². The molecule has 1 aromatic heterocycles. The van der Waals surface area contributed by atoms with E-state index in [0.717, 1.165) is 22.0 Å². The SMILES string of the molecule is N#Cc1ccc2[nH]cc(CC(=O)Nc3ccc(-c4ccc(S(N)(=O)=O)cc4Cl)cc3)c2c1. The second-order valence-electron chi connectivity index (χ2n) is 7.18. The number of halogens is 1. The Balaban J connectivity index is 1.49. The average molecular weight is 465 g/mol. The number of aromatic nitrogens is 1. The maximum Gasteiger partial charge on any atom is 0.238 e. The van der Waals surface area contributed by atoms with Gasteiger partial charge in [0.2, 0.25) is 15.9 Å². The van der Waals surface area contributed by atoms with Gasteiger partial charge in [0, 0.05) is 33.4 Å². The highest BCUT2D eigenvalue weighted by Crippen LogP contribution is 2.30. The van der Waals surface area contributed by atoms with E-state index in [4.69, 9.17) is 22.0 Å². The number of aromatic amines is 1. The minimum Gasteiger partial charge on any atom is -0.361 e. The number of nitrogens with one attached hydrogen (secondary N) is 2. The van der Waals surface area contributed by atoms with Crippen LogP contribution in [0.15, 0.2) is 71.8 Å². The zero-order valence-electron chi connectivity index (χ0n) is 16.6. The summed E-state index contributed by atoms with van der Waals surface area (Å²) in [6, 6.07) is 18.7. The van der Waals surface area contributed by atoms with Gasteiger partial charge in [0.05, 0.1) is 22.9 Å². The second-order valence-corrected chi connectivity index (χ2v) is 9.14. The fraction of sp³-hybridized carbons (Fsp3) is 0.0435. The summed E-state index contributed by atoms with van der Waals surface area (Å²) >= 11 is 6.23. The van der Waals surface area contributed by atoms with Gasteiger partial charge in [-0.2, -0.15) is 5.26 Å². The Labute approximate surface area is 189 Å². The Hall–Kier alpha value is -3.64. The first-order valence-corrected chi connectivity index (χ1v) is 11.4. The molecule has 160 valence electrons. The number of nitrogens with zero attached hydrogens (tertiary/aromatic N) is 1. The van der Waals surface area contributed by atoms with E-state index in [-0.39, 0.29) is 22.2 Å². The van der Waals surface area contributed by atoms with Crippen molar-refractivity contribution in [3.05, 3.63) is 83.0 Å². The highest BCUT2D eigenvalue weighted by atomic mass is 35.5. The van der Waals surface area contributed by atoms with Gasteiger partial charge in [-0.15, -0.1) is 0 Å². The van der Waals surface area contributed by atoms with Crippen molar-refractivity contribution < 1.29 is 13.2 Å². The predicted octanol–water partition coefficient (Wildman–Crippen LogP) is 4.19. The Morgan fingerprint density at radius 1 is 1.09 bits per heavy atom. The standard InChI is InChI=1S/C23H17ClN4O3S/c24-21-11-18(32(26,30)31)6-7-19(21)15-2-4-17(5-3-15)28-23(29)10-16-13-27-22-8-1-14(12-25)9-20(16)22/h1-9,11,13,27H,10H2,(H,28,29)(H2,26,30,31). The van der Waals surface area contributed by atoms with Crippen LogP contribution in [0.4, 0.5) is 5.69 Å². The highest BCUT2D eigenvalue weighted by molar-refractivity contribution is 7.89. The molecule has 32 heavy (non-hydrogen) atoms. The number of primary sulfonamides is 1. The van der Waals surface area contributed by atoms with Gasteiger partial charge in [0.25, 0.3) is 0 Å². The third-order valence-electron chi connectivity index (χ3n) is 5.00. The van der Waals surface area contributed by atoms with E-state index in [9.17, 15) is 13.2 Å². The van der Waals surface area contributed by atoms with E-state index >= 15 is 0 Å². The van der Waals surface area contributed by atoms with Crippen molar-refractivity contribution in [2.75, 3.05) is 5.32 Å². The van der Waals surface area contributed by atoms with Crippen LogP contribution in [0.25, 0.3) is 22.0 Å². The van der Waals surface area contributed by atoms with Gasteiger partial charge >= 0.3 is 0 Å². The lowest BCUT2D eigenvalue weighted by atomic mass is 10.1. The first-order valence-electron chi connectivity index (χ1n) is 9.47. The molecule has 1 heterocycles. The number of hydrogen-bond acceptors (Lipinski definition) is 4. The molecule has 3 aromatic carbocycles. The molecule has 0 aliphatic carbocycles. The number of carbonyl (C=O) groups excluding carboxylic acids is 1. The van der Waals surface area contributed by atoms with Crippen molar-refractivity contribution in [2.24, 2.45) is 5.14 Å². The van der Waals surface area contributed by atoms with E-state index in [2.05, 4.69) is 16.4 Å². The monoisotopic (exact) mass is 464 g/mol. The van der Waals surface area contributed by atoms with Crippen molar-refractivity contribution in [1.29, 1.82) is 5.26 Å². The molecule has 0 saturated carbocycles. The van der Waals surface area contributed by atoms with Crippen LogP contribution in [0.2, 0.25) is 5.02 Å². The normalized spacial score (nSPS) is 11.3. The molecule has 4 aromatic rings. The third kappa shape index (κ3) is 4.50. The number of nitriles is 1. The average Bonchev–Trinajstić information content (AvgIpc) is 3.15. The van der Waals surface area contributed by atoms with Gasteiger partial charge in [0.1, 0.15) is 0 Å². The van der Waals surface area contributed by atoms with Crippen LogP contribution in [0, 0.1) is 11.3 Å². The molecule has 0 atom stereocenters. The molecular weight excluding hydrogens is 448 g/mol. The molecular formula is C23H17ClN4O3S. The lowest BCUT2D eigenvalue weighted by Crippen LogP contribution is -2.14. The minimum absolute atomic E-state index is 0.0608. The number of rotatable bonds is 5. The summed E-state index contributed by atoms with van der Waals surface area (Å²) in [6.45, 7) is 0. The van der Waals surface area contributed by atoms with E-state index in [1.807, 2.05) is 6.07 Å². The first-order chi connectivity index (χ1) is 15.2. The number of H-pyrrole nitrogens is 1. The molecule has 0 saturated heterocycles. The molecule has 7 nitrogen and oxygen atoms in total. The van der Waals surface area contributed by atoms with Gasteiger partial charge in [-0.25, -0.2) is 13.6 Å². The molecule has 0 aliphatic heterocycles. The lowest BCUT2D eigenvalue weighted by molar-refractivity contribution is -0.115. The number of benzene rings is 3. The maximum atomic E-state index is 12.5. The number of nitrogens with two attached hydrogens (primary N) is 1. The summed E-state index contributed by atoms with van der Waals surface area (Å²) in [5, 5.41) is 18.2. The van der Waals surface area contributed by atoms with Crippen molar-refractivity contribution in [3.63, 3.8) is 0 Å². The molecule has 0 fully saturated rings. The topological polar surface area (TPSA) is 129 Å². The van der Waals surface area contributed by atoms with Gasteiger partial charge < -0.3 is 10.3 Å². The van der Waals surface area contributed by atoms with Crippen LogP contribution in [0.1, 0.15) is 11.1 Å². The first kappa shape index (κ1) is 21.6. The van der Waals surface area contributed by atoms with Crippen LogP contribution in [-0.4, -0.2) is 19.3 Å². The van der Waals surface area contributed by atoms with Crippen LogP contribution in [0.3, 0.4) is 0 Å². The number of fused-ring (bicyclic) bond motifs is 1. The largest absolute Gasteiger partial charge is 0.361 e. The van der Waals surface area contributed by atoms with E-state index in [0.29, 0.717) is 16.8 Å². The molecule has 0 radical (unpaired) electrons. The maximum absolute atomic E-state index is 12.5. The number of sulfonamides is 1. The molecule has 0 unspecified atom stereocenters. The van der Waals surface area contributed by atoms with E-state index in [1.165, 1.54) is 12.1 Å². The Kier molecular flexibility index (Phi) is 5.72. The summed E-state index contributed by atoms with van der Waals surface area (Å²) in [5.41, 5.74) is 4.20. The van der Waals surface area contributed by atoms with Gasteiger partial charge in [-0.1, -0.05) is 29.8 Å². The lowest BCUT2D eigenvalue weighted by Gasteiger charge is -2.09.